The molecule has 2 fully saturated rings. The standard InChI is InChI=1S/C18H22FN3O2/c1-18(6-7-18)11-20-17(23)22-8-4-12(5-9-22)16-14-3-2-13(19)10-15(14)24-21-16/h2-3,10,12H,4-9,11H2,1H3,(H,20,23). The van der Waals surface area contributed by atoms with Crippen LogP contribution in [0.5, 0.6) is 0 Å². The molecule has 4 rings (SSSR count). The van der Waals surface area contributed by atoms with Crippen LogP contribution in [0.15, 0.2) is 22.7 Å². The quantitative estimate of drug-likeness (QED) is 0.934. The van der Waals surface area contributed by atoms with Gasteiger partial charge in [0.2, 0.25) is 0 Å². The molecule has 1 aliphatic carbocycles. The molecule has 0 spiro atoms. The maximum Gasteiger partial charge on any atom is 0.317 e. The fraction of sp³-hybridized carbons (Fsp3) is 0.556. The number of nitrogens with zero attached hydrogens (tertiary/aromatic N) is 2. The third-order valence-electron chi connectivity index (χ3n) is 5.40. The molecule has 2 aliphatic rings. The lowest BCUT2D eigenvalue weighted by Gasteiger charge is -2.31. The number of carbonyl (C=O) groups excluding carboxylic acids is 1. The van der Waals surface area contributed by atoms with Crippen LogP contribution >= 0.6 is 0 Å². The smallest absolute Gasteiger partial charge is 0.317 e. The number of carbonyl (C=O) groups is 1. The number of rotatable bonds is 3. The molecule has 0 unspecified atom stereocenters. The highest BCUT2D eigenvalue weighted by Gasteiger charge is 2.38. The van der Waals surface area contributed by atoms with Gasteiger partial charge in [0.25, 0.3) is 0 Å². The molecular formula is C18H22FN3O2. The molecule has 1 aromatic carbocycles. The van der Waals surface area contributed by atoms with Crippen molar-refractivity contribution >= 4 is 17.0 Å². The van der Waals surface area contributed by atoms with Crippen LogP contribution in [0.2, 0.25) is 0 Å². The second-order valence-electron chi connectivity index (χ2n) is 7.44. The number of amides is 2. The molecule has 1 aliphatic heterocycles. The maximum atomic E-state index is 13.3. The Kier molecular flexibility index (Phi) is 3.70. The predicted octanol–water partition coefficient (Wildman–Crippen LogP) is 3.66. The minimum atomic E-state index is -0.318. The SMILES string of the molecule is CC1(CNC(=O)N2CCC(c3noc4cc(F)ccc34)CC2)CC1. The molecule has 24 heavy (non-hydrogen) atoms. The second kappa shape index (κ2) is 5.76. The van der Waals surface area contributed by atoms with Gasteiger partial charge in [-0.2, -0.15) is 0 Å². The Morgan fingerprint density at radius 2 is 2.17 bits per heavy atom. The van der Waals surface area contributed by atoms with E-state index in [0.717, 1.165) is 30.5 Å². The lowest BCUT2D eigenvalue weighted by Crippen LogP contribution is -2.45. The zero-order valence-corrected chi connectivity index (χ0v) is 13.8. The number of piperidine rings is 1. The number of halogens is 1. The van der Waals surface area contributed by atoms with Crippen LogP contribution in [0, 0.1) is 11.2 Å². The number of nitrogens with one attached hydrogen (secondary N) is 1. The van der Waals surface area contributed by atoms with E-state index in [9.17, 15) is 9.18 Å². The van der Waals surface area contributed by atoms with Crippen LogP contribution in [0.4, 0.5) is 9.18 Å². The van der Waals surface area contributed by atoms with Crippen molar-refractivity contribution < 1.29 is 13.7 Å². The first kappa shape index (κ1) is 15.4. The zero-order valence-electron chi connectivity index (χ0n) is 13.8. The molecule has 1 N–H and O–H groups in total. The number of aromatic nitrogens is 1. The van der Waals surface area contributed by atoms with Gasteiger partial charge >= 0.3 is 6.03 Å². The highest BCUT2D eigenvalue weighted by Crippen LogP contribution is 2.44. The van der Waals surface area contributed by atoms with E-state index in [0.29, 0.717) is 24.1 Å². The van der Waals surface area contributed by atoms with E-state index in [1.54, 1.807) is 6.07 Å². The topological polar surface area (TPSA) is 58.4 Å². The van der Waals surface area contributed by atoms with Gasteiger partial charge < -0.3 is 14.7 Å². The fourth-order valence-electron chi connectivity index (χ4n) is 3.37. The summed E-state index contributed by atoms with van der Waals surface area (Å²) in [6.07, 6.45) is 4.11. The van der Waals surface area contributed by atoms with Crippen molar-refractivity contribution in [3.8, 4) is 0 Å². The minimum absolute atomic E-state index is 0.0358. The van der Waals surface area contributed by atoms with Crippen molar-refractivity contribution in [1.29, 1.82) is 0 Å². The molecule has 1 saturated heterocycles. The number of hydrogen-bond donors (Lipinski definition) is 1. The van der Waals surface area contributed by atoms with E-state index in [1.807, 2.05) is 4.90 Å². The summed E-state index contributed by atoms with van der Waals surface area (Å²) in [7, 11) is 0. The van der Waals surface area contributed by atoms with Crippen molar-refractivity contribution in [2.45, 2.75) is 38.5 Å². The van der Waals surface area contributed by atoms with Crippen molar-refractivity contribution in [3.63, 3.8) is 0 Å². The molecule has 2 heterocycles. The fourth-order valence-corrected chi connectivity index (χ4v) is 3.37. The van der Waals surface area contributed by atoms with E-state index < -0.39 is 0 Å². The van der Waals surface area contributed by atoms with E-state index in [4.69, 9.17) is 4.52 Å². The summed E-state index contributed by atoms with van der Waals surface area (Å²) in [4.78, 5) is 14.1. The number of likely N-dealkylation sites (tertiary alicyclic amines) is 1. The summed E-state index contributed by atoms with van der Waals surface area (Å²) in [5.41, 5.74) is 1.70. The maximum absolute atomic E-state index is 13.3. The second-order valence-corrected chi connectivity index (χ2v) is 7.44. The van der Waals surface area contributed by atoms with Crippen molar-refractivity contribution in [2.24, 2.45) is 5.41 Å². The van der Waals surface area contributed by atoms with E-state index >= 15 is 0 Å². The molecule has 0 atom stereocenters. The molecule has 2 aromatic rings. The molecule has 2 amide bonds. The molecule has 1 aromatic heterocycles. The Bertz CT molecular complexity index is 761. The highest BCUT2D eigenvalue weighted by atomic mass is 19.1. The Morgan fingerprint density at radius 1 is 1.42 bits per heavy atom. The van der Waals surface area contributed by atoms with Gasteiger partial charge in [0.15, 0.2) is 5.58 Å². The van der Waals surface area contributed by atoms with Gasteiger partial charge in [-0.3, -0.25) is 0 Å². The first-order chi connectivity index (χ1) is 11.5. The van der Waals surface area contributed by atoms with Gasteiger partial charge in [0, 0.05) is 37.0 Å². The van der Waals surface area contributed by atoms with Crippen molar-refractivity contribution in [3.05, 3.63) is 29.7 Å². The van der Waals surface area contributed by atoms with Crippen LogP contribution in [0.25, 0.3) is 11.0 Å². The third-order valence-corrected chi connectivity index (χ3v) is 5.40. The van der Waals surface area contributed by atoms with Gasteiger partial charge in [-0.25, -0.2) is 9.18 Å². The first-order valence-electron chi connectivity index (χ1n) is 8.62. The zero-order chi connectivity index (χ0) is 16.7. The van der Waals surface area contributed by atoms with Crippen molar-refractivity contribution in [1.82, 2.24) is 15.4 Å². The van der Waals surface area contributed by atoms with Crippen LogP contribution in [-0.2, 0) is 0 Å². The largest absolute Gasteiger partial charge is 0.356 e. The predicted molar refractivity (Wildman–Crippen MR) is 88.3 cm³/mol. The number of benzene rings is 1. The third kappa shape index (κ3) is 2.97. The summed E-state index contributed by atoms with van der Waals surface area (Å²) in [6.45, 7) is 4.40. The average Bonchev–Trinajstić information content (AvgIpc) is 3.18. The lowest BCUT2D eigenvalue weighted by atomic mass is 9.92. The van der Waals surface area contributed by atoms with Crippen LogP contribution in [-0.4, -0.2) is 35.7 Å². The van der Waals surface area contributed by atoms with E-state index in [1.165, 1.54) is 25.0 Å². The van der Waals surface area contributed by atoms with Gasteiger partial charge in [0.1, 0.15) is 5.82 Å². The van der Waals surface area contributed by atoms with Gasteiger partial charge in [0.05, 0.1) is 5.69 Å². The summed E-state index contributed by atoms with van der Waals surface area (Å²) < 4.78 is 18.5. The molecule has 1 saturated carbocycles. The minimum Gasteiger partial charge on any atom is -0.356 e. The number of urea groups is 1. The first-order valence-corrected chi connectivity index (χ1v) is 8.62. The molecule has 128 valence electrons. The Balaban J connectivity index is 1.37. The number of fused-ring (bicyclic) bond motifs is 1. The average molecular weight is 331 g/mol. The Hall–Kier alpha value is -2.11. The summed E-state index contributed by atoms with van der Waals surface area (Å²) in [6, 6.07) is 4.57. The summed E-state index contributed by atoms with van der Waals surface area (Å²) in [5, 5.41) is 8.07. The molecular weight excluding hydrogens is 309 g/mol. The molecule has 0 bridgehead atoms. The molecule has 5 nitrogen and oxygen atoms in total. The van der Waals surface area contributed by atoms with Crippen LogP contribution in [0.3, 0.4) is 0 Å². The van der Waals surface area contributed by atoms with E-state index in [2.05, 4.69) is 17.4 Å². The molecule has 6 heteroatoms. The Morgan fingerprint density at radius 3 is 2.88 bits per heavy atom. The van der Waals surface area contributed by atoms with E-state index in [-0.39, 0.29) is 17.8 Å². The van der Waals surface area contributed by atoms with Crippen LogP contribution < -0.4 is 5.32 Å². The summed E-state index contributed by atoms with van der Waals surface area (Å²) in [5.74, 6) is -0.0669. The Labute approximate surface area is 140 Å². The highest BCUT2D eigenvalue weighted by molar-refractivity contribution is 5.80. The van der Waals surface area contributed by atoms with Crippen LogP contribution in [0.1, 0.15) is 44.2 Å². The number of hydrogen-bond acceptors (Lipinski definition) is 3. The van der Waals surface area contributed by atoms with Gasteiger partial charge in [-0.1, -0.05) is 12.1 Å². The molecule has 0 radical (unpaired) electrons. The normalized spacial score (nSPS) is 20.3. The lowest BCUT2D eigenvalue weighted by molar-refractivity contribution is 0.178. The summed E-state index contributed by atoms with van der Waals surface area (Å²) >= 11 is 0. The van der Waals surface area contributed by atoms with Gasteiger partial charge in [-0.15, -0.1) is 0 Å². The van der Waals surface area contributed by atoms with Gasteiger partial charge in [-0.05, 0) is 43.2 Å². The monoisotopic (exact) mass is 331 g/mol. The van der Waals surface area contributed by atoms with Crippen molar-refractivity contribution in [2.75, 3.05) is 19.6 Å².